The van der Waals surface area contributed by atoms with Crippen LogP contribution in [0, 0.1) is 0 Å². The van der Waals surface area contributed by atoms with Crippen molar-refractivity contribution in [1.29, 1.82) is 0 Å². The third-order valence-corrected chi connectivity index (χ3v) is 5.41. The largest absolute Gasteiger partial charge is 0.481 e. The number of hydrogen-bond donors (Lipinski definition) is 1. The second kappa shape index (κ2) is 6.43. The first-order chi connectivity index (χ1) is 9.39. The fourth-order valence-electron chi connectivity index (χ4n) is 2.43. The summed E-state index contributed by atoms with van der Waals surface area (Å²) in [6.45, 7) is 6.55. The van der Waals surface area contributed by atoms with Crippen LogP contribution in [0.3, 0.4) is 0 Å². The minimum atomic E-state index is -0.791. The first kappa shape index (κ1) is 15.8. The number of nitrogens with zero attached hydrogens (tertiary/aromatic N) is 2. The number of thioether (sulfide) groups is 2. The maximum Gasteiger partial charge on any atom is 0.313 e. The van der Waals surface area contributed by atoms with E-state index in [0.717, 1.165) is 18.0 Å². The van der Waals surface area contributed by atoms with Crippen LogP contribution >= 0.6 is 23.5 Å². The molecule has 0 radical (unpaired) electrons. The highest BCUT2D eigenvalue weighted by molar-refractivity contribution is 7.99. The molecule has 2 rings (SSSR count). The third kappa shape index (κ3) is 3.73. The van der Waals surface area contributed by atoms with Crippen LogP contribution in [0.2, 0.25) is 0 Å². The summed E-state index contributed by atoms with van der Waals surface area (Å²) in [5.74, 6) is 1.63. The molecular formula is C14H22N2O2S2. The lowest BCUT2D eigenvalue weighted by molar-refractivity contribution is -0.133. The van der Waals surface area contributed by atoms with E-state index in [2.05, 4.69) is 30.3 Å². The summed E-state index contributed by atoms with van der Waals surface area (Å²) in [7, 11) is 0. The molecule has 0 aliphatic carbocycles. The van der Waals surface area contributed by atoms with Gasteiger partial charge < -0.3 is 9.67 Å². The lowest BCUT2D eigenvalue weighted by Gasteiger charge is -2.30. The smallest absolute Gasteiger partial charge is 0.313 e. The van der Waals surface area contributed by atoms with Crippen LogP contribution in [-0.2, 0) is 10.2 Å². The van der Waals surface area contributed by atoms with Gasteiger partial charge in [0.15, 0.2) is 5.16 Å². The Hall–Kier alpha value is -0.620. The molecule has 0 spiro atoms. The fourth-order valence-corrected chi connectivity index (χ4v) is 4.28. The summed E-state index contributed by atoms with van der Waals surface area (Å²) < 4.78 is 2.30. The molecule has 2 heterocycles. The van der Waals surface area contributed by atoms with Gasteiger partial charge in [0.25, 0.3) is 0 Å². The average Bonchev–Trinajstić information content (AvgIpc) is 2.81. The third-order valence-electron chi connectivity index (χ3n) is 3.41. The van der Waals surface area contributed by atoms with E-state index in [1.165, 1.54) is 29.0 Å². The Bertz CT molecular complexity index is 474. The molecule has 0 atom stereocenters. The van der Waals surface area contributed by atoms with Gasteiger partial charge in [-0.1, -0.05) is 32.5 Å². The van der Waals surface area contributed by atoms with Gasteiger partial charge in [-0.2, -0.15) is 11.8 Å². The highest BCUT2D eigenvalue weighted by Crippen LogP contribution is 2.36. The van der Waals surface area contributed by atoms with E-state index in [-0.39, 0.29) is 11.2 Å². The predicted octanol–water partition coefficient (Wildman–Crippen LogP) is 3.43. The Labute approximate surface area is 128 Å². The number of aromatic nitrogens is 2. The highest BCUT2D eigenvalue weighted by Gasteiger charge is 2.27. The summed E-state index contributed by atoms with van der Waals surface area (Å²) in [5.41, 5.74) is 1.24. The number of aliphatic carboxylic acids is 1. The number of hydrogen-bond acceptors (Lipinski definition) is 4. The van der Waals surface area contributed by atoms with Gasteiger partial charge in [-0.15, -0.1) is 0 Å². The molecular weight excluding hydrogens is 292 g/mol. The van der Waals surface area contributed by atoms with Gasteiger partial charge in [-0.3, -0.25) is 4.79 Å². The summed E-state index contributed by atoms with van der Waals surface area (Å²) >= 11 is 3.33. The van der Waals surface area contributed by atoms with Gasteiger partial charge in [-0.25, -0.2) is 4.98 Å². The Balaban J connectivity index is 2.31. The number of imidazole rings is 1. The SMILES string of the molecule is CC(C)(C)c1cnc(SCC(=O)O)n1C1CCSCC1. The fraction of sp³-hybridized carbons (Fsp3) is 0.714. The van der Waals surface area contributed by atoms with Crippen LogP contribution in [0.15, 0.2) is 11.4 Å². The lowest BCUT2D eigenvalue weighted by atomic mass is 9.92. The number of rotatable bonds is 4. The van der Waals surface area contributed by atoms with Crippen LogP contribution in [-0.4, -0.2) is 37.9 Å². The number of carboxylic acid groups (broad SMARTS) is 1. The van der Waals surface area contributed by atoms with E-state index in [0.29, 0.717) is 6.04 Å². The van der Waals surface area contributed by atoms with Gasteiger partial charge >= 0.3 is 5.97 Å². The Morgan fingerprint density at radius 3 is 2.70 bits per heavy atom. The molecule has 1 aromatic rings. The van der Waals surface area contributed by atoms with E-state index in [9.17, 15) is 4.79 Å². The molecule has 1 N–H and O–H groups in total. The monoisotopic (exact) mass is 314 g/mol. The Kier molecular flexibility index (Phi) is 5.07. The van der Waals surface area contributed by atoms with E-state index in [1.54, 1.807) is 0 Å². The summed E-state index contributed by atoms with van der Waals surface area (Å²) in [6, 6.07) is 0.462. The van der Waals surface area contributed by atoms with Crippen LogP contribution in [0.5, 0.6) is 0 Å². The number of carboxylic acids is 1. The van der Waals surface area contributed by atoms with Crippen molar-refractivity contribution in [2.45, 2.75) is 50.2 Å². The van der Waals surface area contributed by atoms with Crippen LogP contribution in [0.1, 0.15) is 45.3 Å². The van der Waals surface area contributed by atoms with Gasteiger partial charge in [-0.05, 0) is 24.3 Å². The molecule has 0 saturated carbocycles. The van der Waals surface area contributed by atoms with Crippen molar-refractivity contribution in [1.82, 2.24) is 9.55 Å². The first-order valence-corrected chi connectivity index (χ1v) is 9.03. The van der Waals surface area contributed by atoms with Crippen molar-refractivity contribution >= 4 is 29.5 Å². The van der Waals surface area contributed by atoms with E-state index in [4.69, 9.17) is 5.11 Å². The van der Waals surface area contributed by atoms with Gasteiger partial charge in [0.05, 0.1) is 5.75 Å². The second-order valence-electron chi connectivity index (χ2n) is 6.07. The Morgan fingerprint density at radius 1 is 1.50 bits per heavy atom. The van der Waals surface area contributed by atoms with Crippen molar-refractivity contribution in [2.24, 2.45) is 0 Å². The topological polar surface area (TPSA) is 55.1 Å². The van der Waals surface area contributed by atoms with Gasteiger partial charge in [0, 0.05) is 23.3 Å². The van der Waals surface area contributed by atoms with E-state index >= 15 is 0 Å². The van der Waals surface area contributed by atoms with Crippen molar-refractivity contribution in [3.05, 3.63) is 11.9 Å². The molecule has 112 valence electrons. The van der Waals surface area contributed by atoms with Gasteiger partial charge in [0.2, 0.25) is 0 Å². The maximum absolute atomic E-state index is 10.8. The Morgan fingerprint density at radius 2 is 2.15 bits per heavy atom. The van der Waals surface area contributed by atoms with E-state index in [1.807, 2.05) is 18.0 Å². The minimum Gasteiger partial charge on any atom is -0.481 e. The quantitative estimate of drug-likeness (QED) is 0.863. The molecule has 1 aromatic heterocycles. The molecule has 4 nitrogen and oxygen atoms in total. The predicted molar refractivity (Wildman–Crippen MR) is 84.9 cm³/mol. The zero-order chi connectivity index (χ0) is 14.8. The molecule has 20 heavy (non-hydrogen) atoms. The van der Waals surface area contributed by atoms with Crippen molar-refractivity contribution < 1.29 is 9.90 Å². The zero-order valence-corrected chi connectivity index (χ0v) is 13.9. The first-order valence-electron chi connectivity index (χ1n) is 6.89. The summed E-state index contributed by atoms with van der Waals surface area (Å²) in [5, 5.41) is 9.74. The van der Waals surface area contributed by atoms with Gasteiger partial charge in [0.1, 0.15) is 0 Å². The van der Waals surface area contributed by atoms with Crippen LogP contribution < -0.4 is 0 Å². The summed E-state index contributed by atoms with van der Waals surface area (Å²) in [6.07, 6.45) is 4.21. The molecule has 0 bridgehead atoms. The highest BCUT2D eigenvalue weighted by atomic mass is 32.2. The molecule has 0 unspecified atom stereocenters. The molecule has 1 saturated heterocycles. The van der Waals surface area contributed by atoms with Crippen molar-refractivity contribution in [2.75, 3.05) is 17.3 Å². The maximum atomic E-state index is 10.8. The normalized spacial score (nSPS) is 17.4. The standard InChI is InChI=1S/C14H22N2O2S2/c1-14(2,3)11-8-15-13(20-9-12(17)18)16(11)10-4-6-19-7-5-10/h8,10H,4-7,9H2,1-3H3,(H,17,18). The van der Waals surface area contributed by atoms with Crippen molar-refractivity contribution in [3.63, 3.8) is 0 Å². The minimum absolute atomic E-state index is 0.0274. The molecule has 1 aliphatic rings. The zero-order valence-electron chi connectivity index (χ0n) is 12.3. The molecule has 1 fully saturated rings. The van der Waals surface area contributed by atoms with Crippen LogP contribution in [0.4, 0.5) is 0 Å². The molecule has 0 amide bonds. The van der Waals surface area contributed by atoms with E-state index < -0.39 is 5.97 Å². The van der Waals surface area contributed by atoms with Crippen molar-refractivity contribution in [3.8, 4) is 0 Å². The average molecular weight is 314 g/mol. The summed E-state index contributed by atoms with van der Waals surface area (Å²) in [4.78, 5) is 15.3. The van der Waals surface area contributed by atoms with Crippen LogP contribution in [0.25, 0.3) is 0 Å². The molecule has 0 aromatic carbocycles. The molecule has 1 aliphatic heterocycles. The number of carbonyl (C=O) groups is 1. The molecule has 6 heteroatoms. The lowest BCUT2D eigenvalue weighted by Crippen LogP contribution is -2.24. The second-order valence-corrected chi connectivity index (χ2v) is 8.24.